The van der Waals surface area contributed by atoms with Crippen LogP contribution in [0.15, 0.2) is 18.2 Å². The number of benzene rings is 1. The molecule has 1 aromatic rings. The summed E-state index contributed by atoms with van der Waals surface area (Å²) in [5.41, 5.74) is -0.393. The van der Waals surface area contributed by atoms with Crippen molar-refractivity contribution in [1.82, 2.24) is 5.32 Å². The van der Waals surface area contributed by atoms with Crippen molar-refractivity contribution in [2.75, 3.05) is 6.54 Å². The molecule has 1 unspecified atom stereocenters. The molecule has 0 heterocycles. The van der Waals surface area contributed by atoms with Gasteiger partial charge in [-0.15, -0.1) is 0 Å². The van der Waals surface area contributed by atoms with E-state index in [2.05, 4.69) is 5.32 Å². The maximum absolute atomic E-state index is 13.6. The van der Waals surface area contributed by atoms with Crippen LogP contribution in [0.4, 0.5) is 8.78 Å². The molecule has 1 fully saturated rings. The molecule has 0 amide bonds. The van der Waals surface area contributed by atoms with Gasteiger partial charge in [-0.1, -0.05) is 19.3 Å². The zero-order valence-electron chi connectivity index (χ0n) is 11.3. The Morgan fingerprint density at radius 2 is 1.95 bits per heavy atom. The summed E-state index contributed by atoms with van der Waals surface area (Å²) < 4.78 is 26.7. The third-order valence-corrected chi connectivity index (χ3v) is 3.95. The van der Waals surface area contributed by atoms with E-state index in [-0.39, 0.29) is 6.04 Å². The van der Waals surface area contributed by atoms with E-state index in [9.17, 15) is 13.9 Å². The van der Waals surface area contributed by atoms with E-state index in [0.717, 1.165) is 44.2 Å². The van der Waals surface area contributed by atoms with Gasteiger partial charge in [-0.2, -0.15) is 0 Å². The van der Waals surface area contributed by atoms with E-state index in [1.165, 1.54) is 6.07 Å². The van der Waals surface area contributed by atoms with Crippen molar-refractivity contribution in [3.05, 3.63) is 35.4 Å². The molecule has 2 rings (SSSR count). The van der Waals surface area contributed by atoms with E-state index >= 15 is 0 Å². The summed E-state index contributed by atoms with van der Waals surface area (Å²) in [4.78, 5) is 0. The minimum absolute atomic E-state index is 0.305. The van der Waals surface area contributed by atoms with E-state index in [0.29, 0.717) is 12.1 Å². The molecule has 0 saturated heterocycles. The molecule has 0 aliphatic heterocycles. The average molecular weight is 269 g/mol. The molecule has 106 valence electrons. The zero-order valence-corrected chi connectivity index (χ0v) is 11.3. The quantitative estimate of drug-likeness (QED) is 0.879. The summed E-state index contributed by atoms with van der Waals surface area (Å²) in [5.74, 6) is -0.863. The van der Waals surface area contributed by atoms with Crippen LogP contribution in [0.3, 0.4) is 0 Å². The van der Waals surface area contributed by atoms with Crippen LogP contribution in [-0.4, -0.2) is 17.3 Å². The fourth-order valence-electron chi connectivity index (χ4n) is 2.69. The second-order valence-corrected chi connectivity index (χ2v) is 5.55. The van der Waals surface area contributed by atoms with Crippen LogP contribution in [0.2, 0.25) is 0 Å². The third-order valence-electron chi connectivity index (χ3n) is 3.95. The minimum atomic E-state index is -0.698. The maximum Gasteiger partial charge on any atom is 0.128 e. The minimum Gasteiger partial charge on any atom is -0.389 e. The second-order valence-electron chi connectivity index (χ2n) is 5.55. The molecule has 0 radical (unpaired) electrons. The molecule has 1 aliphatic carbocycles. The summed E-state index contributed by atoms with van der Waals surface area (Å²) in [5, 5.41) is 13.5. The molecule has 2 nitrogen and oxygen atoms in total. The Kier molecular flexibility index (Phi) is 4.53. The smallest absolute Gasteiger partial charge is 0.128 e. The highest BCUT2D eigenvalue weighted by Crippen LogP contribution is 2.28. The number of rotatable bonds is 4. The zero-order chi connectivity index (χ0) is 13.9. The molecular weight excluding hydrogens is 248 g/mol. The topological polar surface area (TPSA) is 32.3 Å². The lowest BCUT2D eigenvalue weighted by molar-refractivity contribution is 0.00292. The van der Waals surface area contributed by atoms with Gasteiger partial charge in [0, 0.05) is 18.2 Å². The molecule has 1 saturated carbocycles. The number of halogens is 2. The van der Waals surface area contributed by atoms with E-state index < -0.39 is 17.2 Å². The first-order chi connectivity index (χ1) is 9.00. The lowest BCUT2D eigenvalue weighted by Gasteiger charge is -2.33. The van der Waals surface area contributed by atoms with E-state index in [4.69, 9.17) is 0 Å². The molecule has 0 aromatic heterocycles. The van der Waals surface area contributed by atoms with E-state index in [1.54, 1.807) is 6.92 Å². The normalized spacial score (nSPS) is 20.2. The molecule has 19 heavy (non-hydrogen) atoms. The highest BCUT2D eigenvalue weighted by atomic mass is 19.1. The summed E-state index contributed by atoms with van der Waals surface area (Å²) in [6.07, 6.45) is 4.77. The lowest BCUT2D eigenvalue weighted by atomic mass is 9.84. The summed E-state index contributed by atoms with van der Waals surface area (Å²) in [7, 11) is 0. The van der Waals surface area contributed by atoms with Crippen LogP contribution in [0, 0.1) is 11.6 Å². The van der Waals surface area contributed by atoms with Crippen molar-refractivity contribution in [2.24, 2.45) is 0 Å². The van der Waals surface area contributed by atoms with Gasteiger partial charge in [0.25, 0.3) is 0 Å². The molecule has 2 N–H and O–H groups in total. The Morgan fingerprint density at radius 3 is 2.63 bits per heavy atom. The van der Waals surface area contributed by atoms with Gasteiger partial charge in [0.05, 0.1) is 5.60 Å². The monoisotopic (exact) mass is 269 g/mol. The van der Waals surface area contributed by atoms with Gasteiger partial charge >= 0.3 is 0 Å². The van der Waals surface area contributed by atoms with Gasteiger partial charge in [0.1, 0.15) is 11.6 Å². The Labute approximate surface area is 112 Å². The Balaban J connectivity index is 1.97. The summed E-state index contributed by atoms with van der Waals surface area (Å²) >= 11 is 0. The Hall–Kier alpha value is -1.00. The van der Waals surface area contributed by atoms with Crippen molar-refractivity contribution >= 4 is 0 Å². The van der Waals surface area contributed by atoms with Gasteiger partial charge in [-0.25, -0.2) is 8.78 Å². The fraction of sp³-hybridized carbons (Fsp3) is 0.600. The van der Waals surface area contributed by atoms with Gasteiger partial charge in [0.15, 0.2) is 0 Å². The Morgan fingerprint density at radius 1 is 1.26 bits per heavy atom. The highest BCUT2D eigenvalue weighted by Gasteiger charge is 2.29. The highest BCUT2D eigenvalue weighted by molar-refractivity contribution is 5.21. The molecular formula is C15H21F2NO. The third kappa shape index (κ3) is 3.74. The summed E-state index contributed by atoms with van der Waals surface area (Å²) in [6, 6.07) is 3.14. The SMILES string of the molecule is CC(NCC1(O)CCCCC1)c1cc(F)ccc1F. The first kappa shape index (κ1) is 14.4. The molecule has 1 aromatic carbocycles. The standard InChI is InChI=1S/C15H21F2NO/c1-11(13-9-12(16)5-6-14(13)17)18-10-15(19)7-3-2-4-8-15/h5-6,9,11,18-19H,2-4,7-8,10H2,1H3. The van der Waals surface area contributed by atoms with E-state index in [1.807, 2.05) is 0 Å². The van der Waals surface area contributed by atoms with Crippen LogP contribution in [-0.2, 0) is 0 Å². The van der Waals surface area contributed by atoms with Crippen molar-refractivity contribution in [3.63, 3.8) is 0 Å². The van der Waals surface area contributed by atoms with Crippen LogP contribution in [0.25, 0.3) is 0 Å². The second kappa shape index (κ2) is 5.97. The maximum atomic E-state index is 13.6. The number of aliphatic hydroxyl groups is 1. The number of hydrogen-bond acceptors (Lipinski definition) is 2. The summed E-state index contributed by atoms with van der Waals surface area (Å²) in [6.45, 7) is 2.20. The first-order valence-electron chi connectivity index (χ1n) is 6.91. The van der Waals surface area contributed by atoms with Gasteiger partial charge < -0.3 is 10.4 Å². The van der Waals surface area contributed by atoms with Crippen molar-refractivity contribution in [3.8, 4) is 0 Å². The van der Waals surface area contributed by atoms with Crippen LogP contribution < -0.4 is 5.32 Å². The van der Waals surface area contributed by atoms with Gasteiger partial charge in [-0.05, 0) is 38.0 Å². The number of hydrogen-bond donors (Lipinski definition) is 2. The predicted molar refractivity (Wildman–Crippen MR) is 70.8 cm³/mol. The molecule has 1 atom stereocenters. The molecule has 0 bridgehead atoms. The Bertz CT molecular complexity index is 430. The van der Waals surface area contributed by atoms with Crippen molar-refractivity contribution in [1.29, 1.82) is 0 Å². The molecule has 0 spiro atoms. The lowest BCUT2D eigenvalue weighted by Crippen LogP contribution is -2.43. The predicted octanol–water partition coefficient (Wildman–Crippen LogP) is 3.31. The van der Waals surface area contributed by atoms with Crippen molar-refractivity contribution < 1.29 is 13.9 Å². The van der Waals surface area contributed by atoms with Crippen molar-refractivity contribution in [2.45, 2.75) is 50.7 Å². The fourth-order valence-corrected chi connectivity index (χ4v) is 2.69. The molecule has 1 aliphatic rings. The average Bonchev–Trinajstić information content (AvgIpc) is 2.40. The van der Waals surface area contributed by atoms with Gasteiger partial charge in [0.2, 0.25) is 0 Å². The number of nitrogens with one attached hydrogen (secondary N) is 1. The largest absolute Gasteiger partial charge is 0.389 e. The van der Waals surface area contributed by atoms with Crippen LogP contribution in [0.5, 0.6) is 0 Å². The van der Waals surface area contributed by atoms with Gasteiger partial charge in [-0.3, -0.25) is 0 Å². The van der Waals surface area contributed by atoms with Crippen LogP contribution in [0.1, 0.15) is 50.6 Å². The molecule has 4 heteroatoms. The first-order valence-corrected chi connectivity index (χ1v) is 6.91. The van der Waals surface area contributed by atoms with Crippen LogP contribution >= 0.6 is 0 Å².